The minimum atomic E-state index is -0.812. The van der Waals surface area contributed by atoms with E-state index in [0.29, 0.717) is 11.3 Å². The van der Waals surface area contributed by atoms with Crippen LogP contribution in [0, 0.1) is 13.8 Å². The van der Waals surface area contributed by atoms with Crippen LogP contribution >= 0.6 is 0 Å². The number of aromatic nitrogens is 2. The summed E-state index contributed by atoms with van der Waals surface area (Å²) in [6.07, 6.45) is 0.378. The Morgan fingerprint density at radius 3 is 2.62 bits per heavy atom. The fourth-order valence-electron chi connectivity index (χ4n) is 2.18. The highest BCUT2D eigenvalue weighted by molar-refractivity contribution is 6.04. The number of nitrogens with one attached hydrogen (secondary N) is 2. The van der Waals surface area contributed by atoms with E-state index in [0.717, 1.165) is 4.68 Å². The third-order valence-corrected chi connectivity index (χ3v) is 3.50. The SMILES string of the molecule is Cc1nn(C)c(=O)c(C(=O)NC2CCC(=O)NC2=O)c1C. The summed E-state index contributed by atoms with van der Waals surface area (Å²) in [5.74, 6) is -1.55. The lowest BCUT2D eigenvalue weighted by molar-refractivity contribution is -0.134. The molecule has 2 heterocycles. The first-order chi connectivity index (χ1) is 9.81. The van der Waals surface area contributed by atoms with E-state index in [9.17, 15) is 19.2 Å². The van der Waals surface area contributed by atoms with Crippen LogP contribution in [0.15, 0.2) is 4.79 Å². The highest BCUT2D eigenvalue weighted by Crippen LogP contribution is 2.09. The van der Waals surface area contributed by atoms with Crippen LogP contribution in [0.5, 0.6) is 0 Å². The first kappa shape index (κ1) is 14.9. The maximum Gasteiger partial charge on any atom is 0.279 e. The van der Waals surface area contributed by atoms with Crippen molar-refractivity contribution in [3.8, 4) is 0 Å². The fraction of sp³-hybridized carbons (Fsp3) is 0.462. The number of amides is 3. The topological polar surface area (TPSA) is 110 Å². The number of carbonyl (C=O) groups excluding carboxylic acids is 3. The molecule has 3 amide bonds. The predicted molar refractivity (Wildman–Crippen MR) is 72.6 cm³/mol. The molecule has 0 spiro atoms. The van der Waals surface area contributed by atoms with Gasteiger partial charge in [-0.1, -0.05) is 0 Å². The molecule has 1 atom stereocenters. The largest absolute Gasteiger partial charge is 0.340 e. The van der Waals surface area contributed by atoms with Crippen molar-refractivity contribution in [2.45, 2.75) is 32.7 Å². The molecule has 0 aromatic carbocycles. The molecule has 1 unspecified atom stereocenters. The molecule has 1 aliphatic rings. The molecule has 1 fully saturated rings. The zero-order valence-electron chi connectivity index (χ0n) is 12.0. The van der Waals surface area contributed by atoms with E-state index in [2.05, 4.69) is 15.7 Å². The summed E-state index contributed by atoms with van der Waals surface area (Å²) in [6.45, 7) is 3.32. The number of nitrogens with zero attached hydrogens (tertiary/aromatic N) is 2. The highest BCUT2D eigenvalue weighted by Gasteiger charge is 2.29. The van der Waals surface area contributed by atoms with Gasteiger partial charge in [0, 0.05) is 13.5 Å². The van der Waals surface area contributed by atoms with Crippen LogP contribution in [0.2, 0.25) is 0 Å². The van der Waals surface area contributed by atoms with Crippen LogP contribution in [0.4, 0.5) is 0 Å². The summed E-state index contributed by atoms with van der Waals surface area (Å²) in [4.78, 5) is 47.0. The van der Waals surface area contributed by atoms with Gasteiger partial charge in [-0.2, -0.15) is 5.10 Å². The molecule has 112 valence electrons. The molecule has 8 nitrogen and oxygen atoms in total. The van der Waals surface area contributed by atoms with E-state index < -0.39 is 23.4 Å². The number of hydrogen-bond acceptors (Lipinski definition) is 5. The van der Waals surface area contributed by atoms with Gasteiger partial charge in [-0.05, 0) is 25.8 Å². The Morgan fingerprint density at radius 2 is 2.00 bits per heavy atom. The summed E-state index contributed by atoms with van der Waals surface area (Å²) in [6, 6.07) is -0.812. The third kappa shape index (κ3) is 2.83. The van der Waals surface area contributed by atoms with Crippen molar-refractivity contribution in [3.63, 3.8) is 0 Å². The number of imide groups is 1. The second kappa shape index (κ2) is 5.47. The van der Waals surface area contributed by atoms with Gasteiger partial charge in [0.05, 0.1) is 5.69 Å². The lowest BCUT2D eigenvalue weighted by Crippen LogP contribution is -2.53. The van der Waals surface area contributed by atoms with Gasteiger partial charge >= 0.3 is 0 Å². The maximum atomic E-state index is 12.3. The lowest BCUT2D eigenvalue weighted by atomic mass is 10.0. The molecule has 2 rings (SSSR count). The predicted octanol–water partition coefficient (Wildman–Crippen LogP) is -1.07. The second-order valence-electron chi connectivity index (χ2n) is 4.99. The van der Waals surface area contributed by atoms with Crippen molar-refractivity contribution in [3.05, 3.63) is 27.2 Å². The van der Waals surface area contributed by atoms with Gasteiger partial charge in [-0.3, -0.25) is 24.5 Å². The zero-order valence-corrected chi connectivity index (χ0v) is 12.0. The summed E-state index contributed by atoms with van der Waals surface area (Å²) < 4.78 is 1.09. The molecule has 0 radical (unpaired) electrons. The van der Waals surface area contributed by atoms with Gasteiger partial charge in [0.2, 0.25) is 11.8 Å². The van der Waals surface area contributed by atoms with E-state index in [1.54, 1.807) is 13.8 Å². The molecular formula is C13H16N4O4. The molecule has 1 saturated heterocycles. The molecule has 0 saturated carbocycles. The number of hydrogen-bond donors (Lipinski definition) is 2. The van der Waals surface area contributed by atoms with E-state index in [4.69, 9.17) is 0 Å². The van der Waals surface area contributed by atoms with Crippen LogP contribution in [0.1, 0.15) is 34.5 Å². The van der Waals surface area contributed by atoms with Gasteiger partial charge in [0.25, 0.3) is 11.5 Å². The third-order valence-electron chi connectivity index (χ3n) is 3.50. The maximum absolute atomic E-state index is 12.3. The quantitative estimate of drug-likeness (QED) is 0.675. The molecule has 0 bridgehead atoms. The lowest BCUT2D eigenvalue weighted by Gasteiger charge is -2.22. The molecular weight excluding hydrogens is 276 g/mol. The molecule has 1 aliphatic heterocycles. The van der Waals surface area contributed by atoms with Crippen molar-refractivity contribution in [2.24, 2.45) is 7.05 Å². The van der Waals surface area contributed by atoms with Crippen LogP contribution in [0.3, 0.4) is 0 Å². The summed E-state index contributed by atoms with van der Waals surface area (Å²) in [5, 5.41) is 8.63. The Bertz CT molecular complexity index is 692. The second-order valence-corrected chi connectivity index (χ2v) is 4.99. The highest BCUT2D eigenvalue weighted by atomic mass is 16.2. The molecule has 21 heavy (non-hydrogen) atoms. The van der Waals surface area contributed by atoms with Crippen molar-refractivity contribution >= 4 is 17.7 Å². The van der Waals surface area contributed by atoms with Crippen LogP contribution in [0.25, 0.3) is 0 Å². The van der Waals surface area contributed by atoms with Crippen LogP contribution in [-0.2, 0) is 16.6 Å². The Labute approximate surface area is 120 Å². The van der Waals surface area contributed by atoms with E-state index >= 15 is 0 Å². The Hall–Kier alpha value is -2.51. The van der Waals surface area contributed by atoms with Crippen molar-refractivity contribution < 1.29 is 14.4 Å². The van der Waals surface area contributed by atoms with Crippen molar-refractivity contribution in [2.75, 3.05) is 0 Å². The van der Waals surface area contributed by atoms with Crippen LogP contribution in [-0.4, -0.2) is 33.5 Å². The van der Waals surface area contributed by atoms with Gasteiger partial charge in [0.15, 0.2) is 0 Å². The Morgan fingerprint density at radius 1 is 1.33 bits per heavy atom. The van der Waals surface area contributed by atoms with Gasteiger partial charge in [-0.25, -0.2) is 4.68 Å². The molecule has 2 N–H and O–H groups in total. The standard InChI is InChI=1S/C13H16N4O4/c1-6-7(2)16-17(3)13(21)10(6)12(20)14-8-4-5-9(18)15-11(8)19/h8H,4-5H2,1-3H3,(H,14,20)(H,15,18,19). The minimum Gasteiger partial charge on any atom is -0.340 e. The van der Waals surface area contributed by atoms with Crippen molar-refractivity contribution in [1.29, 1.82) is 0 Å². The zero-order chi connectivity index (χ0) is 15.7. The first-order valence-electron chi connectivity index (χ1n) is 6.50. The number of rotatable bonds is 2. The van der Waals surface area contributed by atoms with E-state index in [1.807, 2.05) is 0 Å². The van der Waals surface area contributed by atoms with Gasteiger partial charge < -0.3 is 5.32 Å². The number of carbonyl (C=O) groups is 3. The minimum absolute atomic E-state index is 0.0327. The molecule has 1 aromatic heterocycles. The number of aryl methyl sites for hydroxylation is 2. The summed E-state index contributed by atoms with van der Waals surface area (Å²) in [7, 11) is 1.46. The number of piperidine rings is 1. The fourth-order valence-corrected chi connectivity index (χ4v) is 2.18. The average molecular weight is 292 g/mol. The normalized spacial score (nSPS) is 18.3. The molecule has 0 aliphatic carbocycles. The first-order valence-corrected chi connectivity index (χ1v) is 6.50. The molecule has 8 heteroatoms. The average Bonchev–Trinajstić information content (AvgIpc) is 2.40. The van der Waals surface area contributed by atoms with Gasteiger partial charge in [-0.15, -0.1) is 0 Å². The Balaban J connectivity index is 2.28. The summed E-state index contributed by atoms with van der Waals surface area (Å²) >= 11 is 0. The monoisotopic (exact) mass is 292 g/mol. The smallest absolute Gasteiger partial charge is 0.279 e. The van der Waals surface area contributed by atoms with E-state index in [-0.39, 0.29) is 24.3 Å². The van der Waals surface area contributed by atoms with Crippen molar-refractivity contribution in [1.82, 2.24) is 20.4 Å². The Kier molecular flexibility index (Phi) is 3.88. The van der Waals surface area contributed by atoms with Gasteiger partial charge in [0.1, 0.15) is 11.6 Å². The molecule has 1 aromatic rings. The summed E-state index contributed by atoms with van der Waals surface area (Å²) in [5.41, 5.74) is 0.478. The van der Waals surface area contributed by atoms with Crippen LogP contribution < -0.4 is 16.2 Å². The van der Waals surface area contributed by atoms with E-state index in [1.165, 1.54) is 7.05 Å².